The highest BCUT2D eigenvalue weighted by Crippen LogP contribution is 2.21. The van der Waals surface area contributed by atoms with Gasteiger partial charge in [-0.15, -0.1) is 11.3 Å². The van der Waals surface area contributed by atoms with Gasteiger partial charge in [0.05, 0.1) is 12.2 Å². The second-order valence-corrected chi connectivity index (χ2v) is 7.51. The van der Waals surface area contributed by atoms with Crippen molar-refractivity contribution < 1.29 is 4.79 Å². The van der Waals surface area contributed by atoms with Crippen LogP contribution in [0.2, 0.25) is 0 Å². The molecule has 1 fully saturated rings. The molecule has 1 aromatic rings. The molecule has 0 saturated carbocycles. The fraction of sp³-hybridized carbons (Fsp3) is 0.750. The molecule has 124 valence electrons. The predicted octanol–water partition coefficient (Wildman–Crippen LogP) is 2.27. The van der Waals surface area contributed by atoms with Crippen molar-refractivity contribution in [2.75, 3.05) is 37.6 Å². The van der Waals surface area contributed by atoms with Crippen LogP contribution in [0.3, 0.4) is 0 Å². The molecular weight excluding hydrogens is 296 g/mol. The van der Waals surface area contributed by atoms with Crippen molar-refractivity contribution in [3.63, 3.8) is 0 Å². The Hall–Kier alpha value is -1.14. The lowest BCUT2D eigenvalue weighted by molar-refractivity contribution is -0.123. The summed E-state index contributed by atoms with van der Waals surface area (Å²) < 4.78 is 0. The average Bonchev–Trinajstić information content (AvgIpc) is 2.74. The van der Waals surface area contributed by atoms with Crippen molar-refractivity contribution in [2.45, 2.75) is 46.1 Å². The topological polar surface area (TPSA) is 48.5 Å². The van der Waals surface area contributed by atoms with Crippen LogP contribution < -0.4 is 10.2 Å². The molecule has 1 aliphatic rings. The monoisotopic (exact) mass is 324 g/mol. The number of thiazole rings is 1. The molecule has 1 N–H and O–H groups in total. The molecule has 0 radical (unpaired) electrons. The van der Waals surface area contributed by atoms with Gasteiger partial charge in [-0.2, -0.15) is 0 Å². The van der Waals surface area contributed by atoms with E-state index in [2.05, 4.69) is 46.3 Å². The maximum Gasteiger partial charge on any atom is 0.234 e. The first-order valence-corrected chi connectivity index (χ1v) is 8.98. The molecular formula is C16H28N4OS. The quantitative estimate of drug-likeness (QED) is 0.903. The van der Waals surface area contributed by atoms with Crippen LogP contribution in [0.4, 0.5) is 5.13 Å². The van der Waals surface area contributed by atoms with Crippen LogP contribution in [-0.2, 0) is 4.79 Å². The van der Waals surface area contributed by atoms with Crippen molar-refractivity contribution >= 4 is 22.4 Å². The van der Waals surface area contributed by atoms with Gasteiger partial charge < -0.3 is 10.2 Å². The number of hydrogen-bond acceptors (Lipinski definition) is 5. The van der Waals surface area contributed by atoms with Gasteiger partial charge in [0.25, 0.3) is 0 Å². The number of anilines is 1. The number of carbonyl (C=O) groups is 1. The van der Waals surface area contributed by atoms with Crippen molar-refractivity contribution in [1.82, 2.24) is 15.2 Å². The molecule has 0 unspecified atom stereocenters. The lowest BCUT2D eigenvalue weighted by Gasteiger charge is -2.27. The molecule has 6 heteroatoms. The maximum absolute atomic E-state index is 12.2. The van der Waals surface area contributed by atoms with E-state index in [0.29, 0.717) is 6.54 Å². The van der Waals surface area contributed by atoms with E-state index in [9.17, 15) is 4.79 Å². The van der Waals surface area contributed by atoms with Crippen molar-refractivity contribution in [1.29, 1.82) is 0 Å². The molecule has 1 amide bonds. The van der Waals surface area contributed by atoms with Crippen molar-refractivity contribution in [2.24, 2.45) is 0 Å². The fourth-order valence-electron chi connectivity index (χ4n) is 2.52. The Bertz CT molecular complexity index is 500. The zero-order valence-electron chi connectivity index (χ0n) is 14.2. The maximum atomic E-state index is 12.2. The van der Waals surface area contributed by atoms with Gasteiger partial charge in [0, 0.05) is 37.1 Å². The molecule has 0 atom stereocenters. The van der Waals surface area contributed by atoms with Crippen molar-refractivity contribution in [3.8, 4) is 0 Å². The van der Waals surface area contributed by atoms with Gasteiger partial charge in [0.15, 0.2) is 5.13 Å². The molecule has 1 saturated heterocycles. The Labute approximate surface area is 137 Å². The molecule has 0 spiro atoms. The summed E-state index contributed by atoms with van der Waals surface area (Å²) in [5.74, 6) is 0.130. The van der Waals surface area contributed by atoms with Crippen LogP contribution in [0.25, 0.3) is 0 Å². The number of nitrogens with one attached hydrogen (secondary N) is 1. The highest BCUT2D eigenvalue weighted by atomic mass is 32.1. The standard InChI is InChI=1S/C16H28N4OS/c1-5-16(3,4)18-14(21)11-19-7-6-8-20(10-9-19)15-17-13(2)12-22-15/h12H,5-11H2,1-4H3,(H,18,21). The predicted molar refractivity (Wildman–Crippen MR) is 92.6 cm³/mol. The Morgan fingerprint density at radius 1 is 1.36 bits per heavy atom. The van der Waals surface area contributed by atoms with E-state index in [4.69, 9.17) is 0 Å². The smallest absolute Gasteiger partial charge is 0.234 e. The average molecular weight is 324 g/mol. The summed E-state index contributed by atoms with van der Waals surface area (Å²) in [6.45, 7) is 12.6. The van der Waals surface area contributed by atoms with Gasteiger partial charge in [-0.3, -0.25) is 9.69 Å². The van der Waals surface area contributed by atoms with Gasteiger partial charge in [-0.1, -0.05) is 6.92 Å². The number of amides is 1. The minimum atomic E-state index is -0.118. The highest BCUT2D eigenvalue weighted by molar-refractivity contribution is 7.13. The molecule has 0 bridgehead atoms. The Morgan fingerprint density at radius 2 is 2.14 bits per heavy atom. The molecule has 1 aromatic heterocycles. The number of aromatic nitrogens is 1. The number of carbonyl (C=O) groups excluding carboxylic acids is 1. The molecule has 2 rings (SSSR count). The molecule has 0 aromatic carbocycles. The third kappa shape index (κ3) is 4.95. The number of aryl methyl sites for hydroxylation is 1. The summed E-state index contributed by atoms with van der Waals surface area (Å²) in [6.07, 6.45) is 2.01. The van der Waals surface area contributed by atoms with Crippen molar-refractivity contribution in [3.05, 3.63) is 11.1 Å². The van der Waals surface area contributed by atoms with Gasteiger partial charge >= 0.3 is 0 Å². The van der Waals surface area contributed by atoms with E-state index in [1.54, 1.807) is 11.3 Å². The summed E-state index contributed by atoms with van der Waals surface area (Å²) in [4.78, 5) is 21.3. The number of nitrogens with zero attached hydrogens (tertiary/aromatic N) is 3. The number of rotatable bonds is 5. The lowest BCUT2D eigenvalue weighted by atomic mass is 10.0. The molecule has 2 heterocycles. The summed E-state index contributed by atoms with van der Waals surface area (Å²) in [5, 5.41) is 6.32. The van der Waals surface area contributed by atoms with Crippen LogP contribution in [0, 0.1) is 6.92 Å². The number of hydrogen-bond donors (Lipinski definition) is 1. The SMILES string of the molecule is CCC(C)(C)NC(=O)CN1CCCN(c2nc(C)cs2)CC1. The van der Waals surface area contributed by atoms with E-state index < -0.39 is 0 Å². The first-order valence-electron chi connectivity index (χ1n) is 8.10. The van der Waals surface area contributed by atoms with E-state index in [1.807, 2.05) is 6.92 Å². The second kappa shape index (κ2) is 7.42. The Balaban J connectivity index is 1.84. The summed E-state index contributed by atoms with van der Waals surface area (Å²) in [5.41, 5.74) is 0.968. The third-order valence-electron chi connectivity index (χ3n) is 4.19. The van der Waals surface area contributed by atoms with E-state index >= 15 is 0 Å². The zero-order chi connectivity index (χ0) is 16.2. The van der Waals surface area contributed by atoms with Gasteiger partial charge in [0.1, 0.15) is 0 Å². The van der Waals surface area contributed by atoms with Crippen LogP contribution in [0.5, 0.6) is 0 Å². The Kier molecular flexibility index (Phi) is 5.81. The van der Waals surface area contributed by atoms with Crippen LogP contribution in [0.1, 0.15) is 39.3 Å². The van der Waals surface area contributed by atoms with Crippen LogP contribution >= 0.6 is 11.3 Å². The van der Waals surface area contributed by atoms with E-state index in [1.165, 1.54) is 0 Å². The Morgan fingerprint density at radius 3 is 2.77 bits per heavy atom. The minimum Gasteiger partial charge on any atom is -0.350 e. The third-order valence-corrected chi connectivity index (χ3v) is 5.21. The van der Waals surface area contributed by atoms with Crippen LogP contribution in [0.15, 0.2) is 5.38 Å². The summed E-state index contributed by atoms with van der Waals surface area (Å²) in [6, 6.07) is 0. The molecule has 0 aliphatic carbocycles. The van der Waals surface area contributed by atoms with E-state index in [0.717, 1.165) is 49.8 Å². The lowest BCUT2D eigenvalue weighted by Crippen LogP contribution is -2.47. The van der Waals surface area contributed by atoms with E-state index in [-0.39, 0.29) is 11.4 Å². The minimum absolute atomic E-state index is 0.118. The molecule has 5 nitrogen and oxygen atoms in total. The van der Waals surface area contributed by atoms with Gasteiger partial charge in [-0.05, 0) is 33.6 Å². The van der Waals surface area contributed by atoms with Gasteiger partial charge in [0.2, 0.25) is 5.91 Å². The fourth-order valence-corrected chi connectivity index (χ4v) is 3.37. The first kappa shape index (κ1) is 17.2. The summed E-state index contributed by atoms with van der Waals surface area (Å²) >= 11 is 1.71. The second-order valence-electron chi connectivity index (χ2n) is 6.67. The highest BCUT2D eigenvalue weighted by Gasteiger charge is 2.22. The first-order chi connectivity index (χ1) is 10.4. The van der Waals surface area contributed by atoms with Crippen LogP contribution in [-0.4, -0.2) is 54.1 Å². The zero-order valence-corrected chi connectivity index (χ0v) is 15.0. The summed E-state index contributed by atoms with van der Waals surface area (Å²) in [7, 11) is 0. The molecule has 22 heavy (non-hydrogen) atoms. The normalized spacial score (nSPS) is 17.4. The van der Waals surface area contributed by atoms with Gasteiger partial charge in [-0.25, -0.2) is 4.98 Å². The largest absolute Gasteiger partial charge is 0.350 e. The molecule has 1 aliphatic heterocycles.